The molecule has 0 atom stereocenters. The number of carbonyl (C=O) groups is 1. The topological polar surface area (TPSA) is 85.0 Å². The van der Waals surface area contributed by atoms with Gasteiger partial charge in [0.2, 0.25) is 0 Å². The molecule has 0 unspecified atom stereocenters. The van der Waals surface area contributed by atoms with Crippen LogP contribution in [0.2, 0.25) is 0 Å². The molecule has 0 bridgehead atoms. The molecule has 0 spiro atoms. The molecule has 3 aromatic heterocycles. The maximum Gasteiger partial charge on any atom is 0.315 e. The van der Waals surface area contributed by atoms with Crippen LogP contribution in [-0.2, 0) is 19.6 Å². The maximum atomic E-state index is 12.2. The summed E-state index contributed by atoms with van der Waals surface area (Å²) >= 11 is 1.59. The first-order chi connectivity index (χ1) is 15.7. The molecule has 0 saturated heterocycles. The molecule has 0 fully saturated rings. The first-order valence-electron chi connectivity index (χ1n) is 10.2. The monoisotopic (exact) mass is 443 g/mol. The molecule has 2 aromatic carbocycles. The Morgan fingerprint density at radius 2 is 1.75 bits per heavy atom. The van der Waals surface area contributed by atoms with Crippen molar-refractivity contribution in [1.82, 2.24) is 25.4 Å². The van der Waals surface area contributed by atoms with Crippen LogP contribution in [0.25, 0.3) is 21.0 Å². The zero-order valence-corrected chi connectivity index (χ0v) is 18.0. The fraction of sp³-hybridized carbons (Fsp3) is 0.125. The minimum atomic E-state index is -0.247. The van der Waals surface area contributed by atoms with Crippen LogP contribution in [0.15, 0.2) is 83.5 Å². The van der Waals surface area contributed by atoms with Crippen molar-refractivity contribution in [1.29, 1.82) is 0 Å². The van der Waals surface area contributed by atoms with Crippen LogP contribution in [0, 0.1) is 0 Å². The molecule has 3 heterocycles. The molecule has 5 rings (SSSR count). The summed E-state index contributed by atoms with van der Waals surface area (Å²) in [4.78, 5) is 16.8. The summed E-state index contributed by atoms with van der Waals surface area (Å²) in [6.07, 6.45) is 3.70. The lowest BCUT2D eigenvalue weighted by atomic mass is 10.1. The molecule has 7 nitrogen and oxygen atoms in total. The fourth-order valence-electron chi connectivity index (χ4n) is 3.32. The van der Waals surface area contributed by atoms with Crippen molar-refractivity contribution in [2.45, 2.75) is 19.6 Å². The van der Waals surface area contributed by atoms with Crippen LogP contribution in [-0.4, -0.2) is 20.8 Å². The minimum absolute atomic E-state index is 0.247. The maximum absolute atomic E-state index is 12.2. The van der Waals surface area contributed by atoms with Crippen molar-refractivity contribution >= 4 is 27.6 Å². The Bertz CT molecular complexity index is 1290. The van der Waals surface area contributed by atoms with Crippen LogP contribution >= 0.6 is 11.3 Å². The minimum Gasteiger partial charge on any atom is -0.457 e. The van der Waals surface area contributed by atoms with Gasteiger partial charge in [0.05, 0.1) is 23.3 Å². The van der Waals surface area contributed by atoms with Crippen LogP contribution in [0.4, 0.5) is 4.79 Å². The number of furan rings is 1. The highest BCUT2D eigenvalue weighted by Crippen LogP contribution is 2.31. The Hall–Kier alpha value is -3.91. The van der Waals surface area contributed by atoms with Crippen molar-refractivity contribution in [2.24, 2.45) is 0 Å². The number of benzene rings is 2. The number of nitrogens with zero attached hydrogens (tertiary/aromatic N) is 3. The molecular weight excluding hydrogens is 422 g/mol. The molecule has 0 radical (unpaired) electrons. The standard InChI is InChI=1S/C24H21N5O2S/c30-24(25-14-17-6-8-18(9-7-17)16-29-13-3-12-27-29)26-15-19-10-11-21(31-19)23-28-20-4-1-2-5-22(20)32-23/h1-13H,14-16H2,(H2,25,26,30). The summed E-state index contributed by atoms with van der Waals surface area (Å²) < 4.78 is 8.86. The molecular formula is C24H21N5O2S. The van der Waals surface area contributed by atoms with Crippen molar-refractivity contribution in [3.05, 3.63) is 96.0 Å². The number of thiazole rings is 1. The van der Waals surface area contributed by atoms with E-state index in [0.29, 0.717) is 24.6 Å². The van der Waals surface area contributed by atoms with Gasteiger partial charge in [0.15, 0.2) is 10.8 Å². The lowest BCUT2D eigenvalue weighted by molar-refractivity contribution is 0.239. The number of aromatic nitrogens is 3. The van der Waals surface area contributed by atoms with E-state index in [9.17, 15) is 4.79 Å². The number of fused-ring (bicyclic) bond motifs is 1. The van der Waals surface area contributed by atoms with Gasteiger partial charge in [-0.3, -0.25) is 4.68 Å². The number of rotatable bonds is 7. The molecule has 2 amide bonds. The predicted octanol–water partition coefficient (Wildman–Crippen LogP) is 4.80. The van der Waals surface area contributed by atoms with E-state index in [1.165, 1.54) is 0 Å². The summed E-state index contributed by atoms with van der Waals surface area (Å²) in [6, 6.07) is 21.5. The van der Waals surface area contributed by atoms with Gasteiger partial charge in [0, 0.05) is 18.9 Å². The molecule has 160 valence electrons. The van der Waals surface area contributed by atoms with Gasteiger partial charge in [0.1, 0.15) is 5.76 Å². The Labute approximate surface area is 188 Å². The van der Waals surface area contributed by atoms with E-state index in [-0.39, 0.29) is 6.03 Å². The van der Waals surface area contributed by atoms with Crippen LogP contribution in [0.3, 0.4) is 0 Å². The average molecular weight is 444 g/mol. The summed E-state index contributed by atoms with van der Waals surface area (Å²) in [5.74, 6) is 1.39. The smallest absolute Gasteiger partial charge is 0.315 e. The summed E-state index contributed by atoms with van der Waals surface area (Å²) in [6.45, 7) is 1.48. The average Bonchev–Trinajstić information content (AvgIpc) is 3.57. The number of nitrogens with one attached hydrogen (secondary N) is 2. The number of para-hydroxylation sites is 1. The second-order valence-electron chi connectivity index (χ2n) is 7.31. The molecule has 0 saturated carbocycles. The predicted molar refractivity (Wildman–Crippen MR) is 124 cm³/mol. The second-order valence-corrected chi connectivity index (χ2v) is 8.34. The Balaban J connectivity index is 1.10. The number of hydrogen-bond donors (Lipinski definition) is 2. The third-order valence-corrected chi connectivity index (χ3v) is 6.02. The summed E-state index contributed by atoms with van der Waals surface area (Å²) in [5.41, 5.74) is 3.14. The highest BCUT2D eigenvalue weighted by molar-refractivity contribution is 7.21. The molecule has 8 heteroatoms. The Kier molecular flexibility index (Phi) is 5.67. The quantitative estimate of drug-likeness (QED) is 0.378. The third kappa shape index (κ3) is 4.70. The van der Waals surface area contributed by atoms with Crippen LogP contribution < -0.4 is 10.6 Å². The van der Waals surface area contributed by atoms with E-state index in [1.807, 2.05) is 77.6 Å². The van der Waals surface area contributed by atoms with Crippen LogP contribution in [0.1, 0.15) is 16.9 Å². The number of urea groups is 1. The molecule has 32 heavy (non-hydrogen) atoms. The number of carbonyl (C=O) groups excluding carboxylic acids is 1. The van der Waals surface area contributed by atoms with E-state index in [1.54, 1.807) is 17.5 Å². The van der Waals surface area contributed by atoms with Crippen molar-refractivity contribution in [3.63, 3.8) is 0 Å². The van der Waals surface area contributed by atoms with E-state index >= 15 is 0 Å². The zero-order chi connectivity index (χ0) is 21.8. The van der Waals surface area contributed by atoms with Gasteiger partial charge >= 0.3 is 6.03 Å². The first kappa shape index (κ1) is 20.0. The molecule has 0 aliphatic heterocycles. The van der Waals surface area contributed by atoms with Crippen molar-refractivity contribution < 1.29 is 9.21 Å². The van der Waals surface area contributed by atoms with Crippen molar-refractivity contribution in [3.8, 4) is 10.8 Å². The second kappa shape index (κ2) is 9.07. The molecule has 0 aliphatic carbocycles. The number of hydrogen-bond acceptors (Lipinski definition) is 5. The number of amides is 2. The summed E-state index contributed by atoms with van der Waals surface area (Å²) in [5, 5.41) is 10.7. The van der Waals surface area contributed by atoms with Gasteiger partial charge in [-0.2, -0.15) is 5.10 Å². The lowest BCUT2D eigenvalue weighted by Crippen LogP contribution is -2.34. The highest BCUT2D eigenvalue weighted by atomic mass is 32.1. The fourth-order valence-corrected chi connectivity index (χ4v) is 4.25. The lowest BCUT2D eigenvalue weighted by Gasteiger charge is -2.08. The van der Waals surface area contributed by atoms with Gasteiger partial charge in [-0.25, -0.2) is 9.78 Å². The molecule has 2 N–H and O–H groups in total. The van der Waals surface area contributed by atoms with Gasteiger partial charge < -0.3 is 15.1 Å². The van der Waals surface area contributed by atoms with E-state index in [0.717, 1.165) is 32.9 Å². The summed E-state index contributed by atoms with van der Waals surface area (Å²) in [7, 11) is 0. The third-order valence-electron chi connectivity index (χ3n) is 4.97. The van der Waals surface area contributed by atoms with E-state index in [4.69, 9.17) is 4.42 Å². The Morgan fingerprint density at radius 3 is 2.56 bits per heavy atom. The van der Waals surface area contributed by atoms with Gasteiger partial charge in [0.25, 0.3) is 0 Å². The molecule has 0 aliphatic rings. The zero-order valence-electron chi connectivity index (χ0n) is 17.2. The SMILES string of the molecule is O=C(NCc1ccc(Cn2cccn2)cc1)NCc1ccc(-c2nc3ccccc3s2)o1. The van der Waals surface area contributed by atoms with Gasteiger partial charge in [-0.05, 0) is 41.5 Å². The van der Waals surface area contributed by atoms with Gasteiger partial charge in [-0.1, -0.05) is 36.4 Å². The van der Waals surface area contributed by atoms with Gasteiger partial charge in [-0.15, -0.1) is 11.3 Å². The normalized spacial score (nSPS) is 11.0. The first-order valence-corrected chi connectivity index (χ1v) is 11.1. The van der Waals surface area contributed by atoms with Crippen LogP contribution in [0.5, 0.6) is 0 Å². The largest absolute Gasteiger partial charge is 0.457 e. The van der Waals surface area contributed by atoms with E-state index in [2.05, 4.69) is 20.7 Å². The van der Waals surface area contributed by atoms with Crippen molar-refractivity contribution in [2.75, 3.05) is 0 Å². The van der Waals surface area contributed by atoms with E-state index < -0.39 is 0 Å². The molecule has 5 aromatic rings. The highest BCUT2D eigenvalue weighted by Gasteiger charge is 2.11. The Morgan fingerprint density at radius 1 is 0.938 bits per heavy atom.